The number of nitrogens with two attached hydrogens (primary N) is 1. The molecule has 4 rings (SSSR count). The van der Waals surface area contributed by atoms with E-state index in [-0.39, 0.29) is 0 Å². The Balaban J connectivity index is 1.44. The lowest BCUT2D eigenvalue weighted by atomic mass is 9.93. The van der Waals surface area contributed by atoms with Crippen molar-refractivity contribution in [2.24, 2.45) is 0 Å². The highest BCUT2D eigenvalue weighted by atomic mass is 15.3. The Bertz CT molecular complexity index is 969. The smallest absolute Gasteiger partial charge is 0.233 e. The minimum absolute atomic E-state index is 0.436. The summed E-state index contributed by atoms with van der Waals surface area (Å²) < 4.78 is 0. The van der Waals surface area contributed by atoms with Gasteiger partial charge in [0.25, 0.3) is 0 Å². The van der Waals surface area contributed by atoms with Crippen LogP contribution in [0.25, 0.3) is 0 Å². The van der Waals surface area contributed by atoms with Crippen LogP contribution < -0.4 is 27.0 Å². The molecule has 1 aliphatic rings. The summed E-state index contributed by atoms with van der Waals surface area (Å²) in [6.45, 7) is 0.726. The van der Waals surface area contributed by atoms with Crippen LogP contribution in [-0.4, -0.2) is 34.6 Å². The van der Waals surface area contributed by atoms with Crippen molar-refractivity contribution in [3.8, 4) is 0 Å². The van der Waals surface area contributed by atoms with Gasteiger partial charge in [-0.25, -0.2) is 0 Å². The van der Waals surface area contributed by atoms with Crippen LogP contribution in [0.3, 0.4) is 0 Å². The Morgan fingerprint density at radius 3 is 2.40 bits per heavy atom. The Kier molecular flexibility index (Phi) is 6.12. The predicted molar refractivity (Wildman–Crippen MR) is 123 cm³/mol. The average molecular weight is 405 g/mol. The van der Waals surface area contributed by atoms with Crippen LogP contribution in [0.15, 0.2) is 48.5 Å². The van der Waals surface area contributed by atoms with E-state index in [9.17, 15) is 0 Å². The highest BCUT2D eigenvalue weighted by Gasteiger charge is 2.19. The van der Waals surface area contributed by atoms with Crippen molar-refractivity contribution < 1.29 is 0 Å². The minimum Gasteiger partial charge on any atom is -0.399 e. The number of anilines is 6. The number of nitrogen functional groups attached to an aromatic ring is 1. The maximum absolute atomic E-state index is 5.88. The minimum atomic E-state index is 0.436. The van der Waals surface area contributed by atoms with E-state index in [0.29, 0.717) is 29.6 Å². The number of hydrogen-bond acceptors (Lipinski definition) is 8. The lowest BCUT2D eigenvalue weighted by Gasteiger charge is -2.26. The number of hydrogen-bond donors (Lipinski definition) is 5. The van der Waals surface area contributed by atoms with E-state index in [1.54, 1.807) is 0 Å². The lowest BCUT2D eigenvalue weighted by molar-refractivity contribution is 0.443. The Morgan fingerprint density at radius 1 is 0.933 bits per heavy atom. The van der Waals surface area contributed by atoms with Crippen molar-refractivity contribution in [1.29, 1.82) is 0 Å². The first-order valence-electron chi connectivity index (χ1n) is 10.3. The lowest BCUT2D eigenvalue weighted by Crippen LogP contribution is -2.28. The first kappa shape index (κ1) is 19.8. The summed E-state index contributed by atoms with van der Waals surface area (Å²) in [5.41, 5.74) is 9.76. The molecule has 1 heterocycles. The fourth-order valence-corrected chi connectivity index (χ4v) is 3.21. The van der Waals surface area contributed by atoms with Gasteiger partial charge in [0, 0.05) is 36.7 Å². The SMILES string of the molecule is CNc1ccc(CCNc2nc(Nc3cccc(N)c3)nc(NC3CCC3)n2)cc1. The van der Waals surface area contributed by atoms with Crippen LogP contribution in [0.5, 0.6) is 0 Å². The van der Waals surface area contributed by atoms with Crippen molar-refractivity contribution in [2.75, 3.05) is 40.6 Å². The van der Waals surface area contributed by atoms with Gasteiger partial charge in [0.05, 0.1) is 0 Å². The van der Waals surface area contributed by atoms with Crippen molar-refractivity contribution in [3.05, 3.63) is 54.1 Å². The molecule has 0 radical (unpaired) electrons. The quantitative estimate of drug-likeness (QED) is 0.342. The zero-order valence-corrected chi connectivity index (χ0v) is 17.2. The van der Waals surface area contributed by atoms with E-state index >= 15 is 0 Å². The monoisotopic (exact) mass is 404 g/mol. The maximum Gasteiger partial charge on any atom is 0.233 e. The van der Waals surface area contributed by atoms with Gasteiger partial charge in [-0.3, -0.25) is 0 Å². The molecular formula is C22H28N8. The van der Waals surface area contributed by atoms with Crippen LogP contribution in [0.2, 0.25) is 0 Å². The van der Waals surface area contributed by atoms with E-state index in [1.807, 2.05) is 31.3 Å². The third kappa shape index (κ3) is 5.28. The molecule has 3 aromatic rings. The summed E-state index contributed by atoms with van der Waals surface area (Å²) in [5, 5.41) is 13.1. The average Bonchev–Trinajstić information content (AvgIpc) is 2.71. The normalized spacial score (nSPS) is 13.4. The first-order chi connectivity index (χ1) is 14.7. The largest absolute Gasteiger partial charge is 0.399 e. The van der Waals surface area contributed by atoms with Crippen LogP contribution >= 0.6 is 0 Å². The molecule has 0 spiro atoms. The van der Waals surface area contributed by atoms with E-state index in [4.69, 9.17) is 5.73 Å². The molecule has 2 aromatic carbocycles. The van der Waals surface area contributed by atoms with Gasteiger partial charge in [0.2, 0.25) is 17.8 Å². The summed E-state index contributed by atoms with van der Waals surface area (Å²) in [7, 11) is 1.92. The van der Waals surface area contributed by atoms with Gasteiger partial charge >= 0.3 is 0 Å². The molecule has 0 saturated heterocycles. The maximum atomic E-state index is 5.88. The number of nitrogens with zero attached hydrogens (tertiary/aromatic N) is 3. The van der Waals surface area contributed by atoms with Crippen LogP contribution in [0, 0.1) is 0 Å². The Hall–Kier alpha value is -3.55. The predicted octanol–water partition coefficient (Wildman–Crippen LogP) is 3.86. The summed E-state index contributed by atoms with van der Waals surface area (Å²) in [4.78, 5) is 13.6. The van der Waals surface area contributed by atoms with Crippen molar-refractivity contribution in [1.82, 2.24) is 15.0 Å². The molecular weight excluding hydrogens is 376 g/mol. The highest BCUT2D eigenvalue weighted by molar-refractivity contribution is 5.60. The summed E-state index contributed by atoms with van der Waals surface area (Å²) >= 11 is 0. The molecule has 1 aromatic heterocycles. The standard InChI is InChI=1S/C22H28N8/c1-24-17-10-8-15(9-11-17)12-13-25-20-28-21(26-18-5-3-6-18)30-22(29-20)27-19-7-2-4-16(23)14-19/h2,4,7-11,14,18,24H,3,5-6,12-13,23H2,1H3,(H3,25,26,27,28,29,30). The molecule has 0 amide bonds. The van der Waals surface area contributed by atoms with Crippen LogP contribution in [-0.2, 0) is 6.42 Å². The topological polar surface area (TPSA) is 113 Å². The van der Waals surface area contributed by atoms with Gasteiger partial charge in [-0.2, -0.15) is 15.0 Å². The third-order valence-corrected chi connectivity index (χ3v) is 5.16. The second-order valence-electron chi connectivity index (χ2n) is 7.45. The number of benzene rings is 2. The van der Waals surface area contributed by atoms with Crippen LogP contribution in [0.1, 0.15) is 24.8 Å². The molecule has 8 heteroatoms. The van der Waals surface area contributed by atoms with Crippen LogP contribution in [0.4, 0.5) is 34.9 Å². The Labute approximate surface area is 176 Å². The summed E-state index contributed by atoms with van der Waals surface area (Å²) in [6.07, 6.45) is 4.41. The van der Waals surface area contributed by atoms with E-state index in [1.165, 1.54) is 12.0 Å². The Morgan fingerprint density at radius 2 is 1.70 bits per heavy atom. The molecule has 0 bridgehead atoms. The molecule has 1 aliphatic carbocycles. The third-order valence-electron chi connectivity index (χ3n) is 5.16. The molecule has 8 nitrogen and oxygen atoms in total. The van der Waals surface area contributed by atoms with E-state index < -0.39 is 0 Å². The van der Waals surface area contributed by atoms with Gasteiger partial charge in [-0.15, -0.1) is 0 Å². The molecule has 0 aliphatic heterocycles. The van der Waals surface area contributed by atoms with Gasteiger partial charge < -0.3 is 27.0 Å². The molecule has 1 fully saturated rings. The fraction of sp³-hybridized carbons (Fsp3) is 0.318. The zero-order valence-electron chi connectivity index (χ0n) is 17.2. The first-order valence-corrected chi connectivity index (χ1v) is 10.3. The second kappa shape index (κ2) is 9.30. The van der Waals surface area contributed by atoms with Crippen molar-refractivity contribution in [2.45, 2.75) is 31.7 Å². The fourth-order valence-electron chi connectivity index (χ4n) is 3.21. The van der Waals surface area contributed by atoms with Crippen molar-refractivity contribution >= 4 is 34.9 Å². The highest BCUT2D eigenvalue weighted by Crippen LogP contribution is 2.23. The molecule has 6 N–H and O–H groups in total. The van der Waals surface area contributed by atoms with Gasteiger partial charge in [0.1, 0.15) is 0 Å². The van der Waals surface area contributed by atoms with E-state index in [2.05, 4.69) is 60.5 Å². The zero-order chi connectivity index (χ0) is 20.8. The second-order valence-corrected chi connectivity index (χ2v) is 7.45. The summed E-state index contributed by atoms with van der Waals surface area (Å²) in [6, 6.07) is 16.4. The molecule has 156 valence electrons. The van der Waals surface area contributed by atoms with Gasteiger partial charge in [0.15, 0.2) is 0 Å². The number of aromatic nitrogens is 3. The van der Waals surface area contributed by atoms with Crippen molar-refractivity contribution in [3.63, 3.8) is 0 Å². The van der Waals surface area contributed by atoms with Gasteiger partial charge in [-0.05, 0) is 61.6 Å². The number of nitrogens with one attached hydrogen (secondary N) is 4. The summed E-state index contributed by atoms with van der Waals surface area (Å²) in [5.74, 6) is 1.62. The molecule has 1 saturated carbocycles. The molecule has 0 atom stereocenters. The molecule has 30 heavy (non-hydrogen) atoms. The van der Waals surface area contributed by atoms with E-state index in [0.717, 1.165) is 37.2 Å². The van der Waals surface area contributed by atoms with Gasteiger partial charge in [-0.1, -0.05) is 18.2 Å². The number of rotatable bonds is 9. The molecule has 0 unspecified atom stereocenters.